The molecule has 0 fully saturated rings. The van der Waals surface area contributed by atoms with E-state index in [2.05, 4.69) is 98.4 Å². The summed E-state index contributed by atoms with van der Waals surface area (Å²) in [6, 6.07) is 13.0. The molecule has 0 aliphatic carbocycles. The Morgan fingerprint density at radius 3 is 1.29 bits per heavy atom. The highest BCUT2D eigenvalue weighted by molar-refractivity contribution is 5.70. The van der Waals surface area contributed by atoms with E-state index in [4.69, 9.17) is 10.6 Å². The molecule has 168 valence electrons. The minimum Gasteiger partial charge on any atom is -0.661 e. The van der Waals surface area contributed by atoms with E-state index in [9.17, 15) is 0 Å². The minimum absolute atomic E-state index is 0.409. The third kappa shape index (κ3) is 6.26. The number of hydrogen-bond acceptors (Lipinski definition) is 0. The summed E-state index contributed by atoms with van der Waals surface area (Å²) in [5, 5.41) is 10.0. The van der Waals surface area contributed by atoms with Crippen LogP contribution in [0.1, 0.15) is 108 Å². The molecule has 0 aliphatic rings. The first-order valence-corrected chi connectivity index (χ1v) is 11.6. The molecule has 0 unspecified atom stereocenters. The Kier molecular flexibility index (Phi) is 8.56. The first-order chi connectivity index (χ1) is 14.5. The van der Waals surface area contributed by atoms with E-state index in [1.165, 1.54) is 22.3 Å². The zero-order valence-corrected chi connectivity index (χ0v) is 21.0. The molecule has 31 heavy (non-hydrogen) atoms. The van der Waals surface area contributed by atoms with Crippen LogP contribution in [0.2, 0.25) is 0 Å². The monoisotopic (exact) mass is 416 g/mol. The second kappa shape index (κ2) is 10.7. The number of para-hydroxylation sites is 2. The molecule has 2 aromatic rings. The highest BCUT2D eigenvalue weighted by Crippen LogP contribution is 2.42. The SMILES string of the molecule is C=C(/C=C(/C)[N-]c1c(C(C)C)cccc1C(C)C)[N-]c1c(C(C)C)cccc1C(C)C. The lowest BCUT2D eigenvalue weighted by atomic mass is 9.92. The molecule has 0 atom stereocenters. The number of nitrogens with zero attached hydrogens (tertiary/aromatic N) is 2. The molecule has 2 heteroatoms. The number of allylic oxidation sites excluding steroid dienone is 2. The standard InChI is InChI=1S/C29H40N2/c1-18(2)24-13-11-14-25(19(3)4)28(24)30-22(9)17-23(10)31-29-26(20(5)6)15-12-16-27(29)21(7)8/h11-21H,9H2,1-8,10H3/q-2/b23-17-. The van der Waals surface area contributed by atoms with Crippen LogP contribution in [0.15, 0.2) is 60.4 Å². The van der Waals surface area contributed by atoms with Gasteiger partial charge in [-0.2, -0.15) is 5.70 Å². The molecule has 0 saturated heterocycles. The maximum atomic E-state index is 5.04. The van der Waals surface area contributed by atoms with E-state index in [-0.39, 0.29) is 0 Å². The van der Waals surface area contributed by atoms with Gasteiger partial charge < -0.3 is 10.6 Å². The lowest BCUT2D eigenvalue weighted by molar-refractivity contribution is 0.839. The second-order valence-electron chi connectivity index (χ2n) is 9.69. The molecule has 0 spiro atoms. The van der Waals surface area contributed by atoms with Crippen molar-refractivity contribution in [1.29, 1.82) is 0 Å². The Morgan fingerprint density at radius 1 is 0.645 bits per heavy atom. The molecular formula is C29H40N2-2. The fraction of sp³-hybridized carbons (Fsp3) is 0.448. The average Bonchev–Trinajstić information content (AvgIpc) is 2.67. The highest BCUT2D eigenvalue weighted by Gasteiger charge is 2.09. The van der Waals surface area contributed by atoms with E-state index >= 15 is 0 Å². The van der Waals surface area contributed by atoms with E-state index < -0.39 is 0 Å². The topological polar surface area (TPSA) is 28.2 Å². The van der Waals surface area contributed by atoms with Crippen LogP contribution in [0.4, 0.5) is 11.4 Å². The zero-order chi connectivity index (χ0) is 23.3. The number of rotatable bonds is 9. The van der Waals surface area contributed by atoms with Crippen LogP contribution in [0, 0.1) is 0 Å². The predicted octanol–water partition coefficient (Wildman–Crippen LogP) is 10.3. The van der Waals surface area contributed by atoms with Crippen molar-refractivity contribution in [1.82, 2.24) is 0 Å². The Morgan fingerprint density at radius 2 is 0.968 bits per heavy atom. The van der Waals surface area contributed by atoms with Crippen molar-refractivity contribution in [3.8, 4) is 0 Å². The maximum absolute atomic E-state index is 5.04. The highest BCUT2D eigenvalue weighted by atomic mass is 14.9. The molecule has 2 aromatic carbocycles. The summed E-state index contributed by atoms with van der Waals surface area (Å²) in [5.41, 5.74) is 8.93. The van der Waals surface area contributed by atoms with Gasteiger partial charge in [0.15, 0.2) is 0 Å². The van der Waals surface area contributed by atoms with Gasteiger partial charge >= 0.3 is 0 Å². The van der Waals surface area contributed by atoms with Crippen LogP contribution in [0.25, 0.3) is 10.6 Å². The van der Waals surface area contributed by atoms with E-state index in [0.717, 1.165) is 22.8 Å². The molecule has 0 bridgehead atoms. The maximum Gasteiger partial charge on any atom is -0.0231 e. The molecule has 0 heterocycles. The second-order valence-corrected chi connectivity index (χ2v) is 9.69. The van der Waals surface area contributed by atoms with E-state index in [1.54, 1.807) is 0 Å². The Balaban J connectivity index is 2.35. The van der Waals surface area contributed by atoms with Gasteiger partial charge in [-0.3, -0.25) is 0 Å². The van der Waals surface area contributed by atoms with Crippen LogP contribution in [-0.4, -0.2) is 0 Å². The van der Waals surface area contributed by atoms with Gasteiger partial charge in [-0.25, -0.2) is 0 Å². The van der Waals surface area contributed by atoms with Gasteiger partial charge in [-0.15, -0.1) is 23.7 Å². The fourth-order valence-electron chi connectivity index (χ4n) is 3.91. The molecule has 2 nitrogen and oxygen atoms in total. The lowest BCUT2D eigenvalue weighted by Gasteiger charge is -2.35. The molecule has 0 radical (unpaired) electrons. The molecule has 0 N–H and O–H groups in total. The summed E-state index contributed by atoms with van der Waals surface area (Å²) in [5.74, 6) is 1.66. The van der Waals surface area contributed by atoms with Crippen molar-refractivity contribution in [2.45, 2.75) is 86.0 Å². The Bertz CT molecular complexity index is 877. The molecule has 2 rings (SSSR count). The molecule has 0 amide bonds. The normalized spacial score (nSPS) is 12.2. The summed E-state index contributed by atoms with van der Waals surface area (Å²) in [7, 11) is 0. The lowest BCUT2D eigenvalue weighted by Crippen LogP contribution is -1.97. The first kappa shape index (κ1) is 24.8. The minimum atomic E-state index is 0.409. The Labute approximate surface area is 190 Å². The van der Waals surface area contributed by atoms with Gasteiger partial charge in [0.05, 0.1) is 0 Å². The molecular weight excluding hydrogens is 376 g/mol. The number of benzene rings is 2. The fourth-order valence-corrected chi connectivity index (χ4v) is 3.91. The van der Waals surface area contributed by atoms with Gasteiger partial charge in [0, 0.05) is 0 Å². The molecule has 0 saturated carbocycles. The zero-order valence-electron chi connectivity index (χ0n) is 21.0. The van der Waals surface area contributed by atoms with Gasteiger partial charge in [0.25, 0.3) is 0 Å². The van der Waals surface area contributed by atoms with Crippen LogP contribution in [-0.2, 0) is 0 Å². The predicted molar refractivity (Wildman–Crippen MR) is 138 cm³/mol. The Hall–Kier alpha value is -2.48. The van der Waals surface area contributed by atoms with Gasteiger partial charge in [0.1, 0.15) is 0 Å². The summed E-state index contributed by atoms with van der Waals surface area (Å²) >= 11 is 0. The first-order valence-electron chi connectivity index (χ1n) is 11.6. The van der Waals surface area contributed by atoms with Crippen LogP contribution in [0.5, 0.6) is 0 Å². The van der Waals surface area contributed by atoms with E-state index in [0.29, 0.717) is 23.7 Å². The van der Waals surface area contributed by atoms with Crippen molar-refractivity contribution in [3.05, 3.63) is 93.3 Å². The smallest absolute Gasteiger partial charge is 0.0231 e. The third-order valence-corrected chi connectivity index (χ3v) is 5.60. The largest absolute Gasteiger partial charge is 0.661 e. The third-order valence-electron chi connectivity index (χ3n) is 5.60. The summed E-state index contributed by atoms with van der Waals surface area (Å²) in [4.78, 5) is 0. The summed E-state index contributed by atoms with van der Waals surface area (Å²) in [6.45, 7) is 24.0. The van der Waals surface area contributed by atoms with Crippen molar-refractivity contribution in [3.63, 3.8) is 0 Å². The van der Waals surface area contributed by atoms with E-state index in [1.807, 2.05) is 13.0 Å². The van der Waals surface area contributed by atoms with Crippen LogP contribution >= 0.6 is 0 Å². The van der Waals surface area contributed by atoms with Crippen LogP contribution < -0.4 is 0 Å². The molecule has 0 aromatic heterocycles. The summed E-state index contributed by atoms with van der Waals surface area (Å²) < 4.78 is 0. The van der Waals surface area contributed by atoms with Crippen molar-refractivity contribution >= 4 is 11.4 Å². The quantitative estimate of drug-likeness (QED) is 0.364. The van der Waals surface area contributed by atoms with Gasteiger partial charge in [0.2, 0.25) is 0 Å². The number of hydrogen-bond donors (Lipinski definition) is 0. The average molecular weight is 417 g/mol. The molecule has 0 aliphatic heterocycles. The van der Waals surface area contributed by atoms with Crippen LogP contribution in [0.3, 0.4) is 0 Å². The van der Waals surface area contributed by atoms with Crippen molar-refractivity contribution < 1.29 is 0 Å². The van der Waals surface area contributed by atoms with Crippen molar-refractivity contribution in [2.75, 3.05) is 0 Å². The van der Waals surface area contributed by atoms with Crippen molar-refractivity contribution in [2.24, 2.45) is 0 Å². The summed E-state index contributed by atoms with van der Waals surface area (Å²) in [6.07, 6.45) is 2.00. The van der Waals surface area contributed by atoms with Gasteiger partial charge in [-0.1, -0.05) is 127 Å². The van der Waals surface area contributed by atoms with Gasteiger partial charge in [-0.05, 0) is 23.7 Å².